The van der Waals surface area contributed by atoms with Crippen LogP contribution >= 0.6 is 0 Å². The van der Waals surface area contributed by atoms with Crippen molar-refractivity contribution in [1.82, 2.24) is 25.0 Å². The van der Waals surface area contributed by atoms with Crippen LogP contribution in [0.5, 0.6) is 0 Å². The van der Waals surface area contributed by atoms with Gasteiger partial charge in [0.25, 0.3) is 0 Å². The van der Waals surface area contributed by atoms with Crippen molar-refractivity contribution in [2.45, 2.75) is 32.2 Å². The molecule has 1 saturated heterocycles. The van der Waals surface area contributed by atoms with Crippen molar-refractivity contribution in [3.8, 4) is 11.3 Å². The van der Waals surface area contributed by atoms with E-state index in [9.17, 15) is 4.79 Å². The van der Waals surface area contributed by atoms with E-state index in [-0.39, 0.29) is 11.6 Å². The van der Waals surface area contributed by atoms with Gasteiger partial charge in [0.2, 0.25) is 0 Å². The van der Waals surface area contributed by atoms with Crippen LogP contribution in [0.1, 0.15) is 31.5 Å². The smallest absolute Gasteiger partial charge is 0.343 e. The van der Waals surface area contributed by atoms with E-state index in [1.165, 1.54) is 0 Å². The van der Waals surface area contributed by atoms with Crippen LogP contribution in [0, 0.1) is 0 Å². The fraction of sp³-hybridized carbons (Fsp3) is 0.368. The van der Waals surface area contributed by atoms with Gasteiger partial charge in [-0.2, -0.15) is 5.10 Å². The number of hydrogen-bond acceptors (Lipinski definition) is 5. The molecule has 0 saturated carbocycles. The van der Waals surface area contributed by atoms with Crippen molar-refractivity contribution in [3.05, 3.63) is 58.8 Å². The lowest BCUT2D eigenvalue weighted by Gasteiger charge is -2.32. The monoisotopic (exact) mass is 350 g/mol. The van der Waals surface area contributed by atoms with Gasteiger partial charge in [-0.25, -0.2) is 9.89 Å². The minimum absolute atomic E-state index is 0.133. The van der Waals surface area contributed by atoms with Gasteiger partial charge in [-0.1, -0.05) is 30.3 Å². The maximum absolute atomic E-state index is 11.8. The number of piperidine rings is 1. The molecule has 1 N–H and O–H groups in total. The molecule has 134 valence electrons. The summed E-state index contributed by atoms with van der Waals surface area (Å²) in [4.78, 5) is 14.1. The first-order valence-electron chi connectivity index (χ1n) is 9.05. The van der Waals surface area contributed by atoms with Crippen molar-refractivity contribution in [1.29, 1.82) is 0 Å². The van der Waals surface area contributed by atoms with Crippen LogP contribution < -0.4 is 10.6 Å². The van der Waals surface area contributed by atoms with Gasteiger partial charge in [-0.15, -0.1) is 10.2 Å². The Morgan fingerprint density at radius 1 is 1.15 bits per heavy atom. The predicted molar refractivity (Wildman–Crippen MR) is 100 cm³/mol. The van der Waals surface area contributed by atoms with Gasteiger partial charge in [0.15, 0.2) is 5.82 Å². The first-order valence-corrected chi connectivity index (χ1v) is 9.05. The average molecular weight is 350 g/mol. The summed E-state index contributed by atoms with van der Waals surface area (Å²) in [7, 11) is 0. The van der Waals surface area contributed by atoms with E-state index < -0.39 is 0 Å². The number of aromatic amines is 1. The van der Waals surface area contributed by atoms with Gasteiger partial charge >= 0.3 is 5.69 Å². The summed E-state index contributed by atoms with van der Waals surface area (Å²) in [5, 5.41) is 15.7. The quantitative estimate of drug-likeness (QED) is 0.782. The van der Waals surface area contributed by atoms with Crippen LogP contribution in [0.2, 0.25) is 0 Å². The minimum Gasteiger partial charge on any atom is -0.354 e. The number of rotatable bonds is 4. The summed E-state index contributed by atoms with van der Waals surface area (Å²) in [5.41, 5.74) is 1.80. The molecule has 0 aliphatic carbocycles. The molecule has 1 atom stereocenters. The maximum Gasteiger partial charge on any atom is 0.343 e. The van der Waals surface area contributed by atoms with Crippen molar-refractivity contribution in [3.63, 3.8) is 0 Å². The number of nitrogens with zero attached hydrogens (tertiary/aromatic N) is 5. The molecule has 3 heterocycles. The fourth-order valence-corrected chi connectivity index (χ4v) is 3.60. The van der Waals surface area contributed by atoms with Gasteiger partial charge in [0.05, 0.1) is 5.69 Å². The number of H-pyrrole nitrogens is 1. The Bertz CT molecular complexity index is 915. The van der Waals surface area contributed by atoms with E-state index in [0.717, 1.165) is 48.8 Å². The topological polar surface area (TPSA) is 79.7 Å². The molecule has 0 amide bonds. The maximum atomic E-state index is 11.8. The first kappa shape index (κ1) is 16.5. The zero-order valence-corrected chi connectivity index (χ0v) is 14.8. The molecule has 2 aromatic heterocycles. The molecule has 3 aromatic rings. The fourth-order valence-electron chi connectivity index (χ4n) is 3.60. The highest BCUT2D eigenvalue weighted by molar-refractivity contribution is 5.59. The molecule has 7 nitrogen and oxygen atoms in total. The van der Waals surface area contributed by atoms with E-state index in [1.54, 1.807) is 4.57 Å². The minimum atomic E-state index is -0.133. The van der Waals surface area contributed by atoms with Crippen molar-refractivity contribution < 1.29 is 0 Å². The molecule has 0 unspecified atom stereocenters. The van der Waals surface area contributed by atoms with E-state index in [2.05, 4.69) is 25.3 Å². The second-order valence-electron chi connectivity index (χ2n) is 6.56. The lowest BCUT2D eigenvalue weighted by molar-refractivity contribution is 0.468. The van der Waals surface area contributed by atoms with Crippen molar-refractivity contribution >= 4 is 5.82 Å². The van der Waals surface area contributed by atoms with Crippen LogP contribution in [0.25, 0.3) is 11.3 Å². The molecule has 0 bridgehead atoms. The Hall–Kier alpha value is -2.96. The zero-order chi connectivity index (χ0) is 17.9. The summed E-state index contributed by atoms with van der Waals surface area (Å²) in [5.74, 6) is 1.93. The van der Waals surface area contributed by atoms with Gasteiger partial charge in [0, 0.05) is 31.1 Å². The molecule has 26 heavy (non-hydrogen) atoms. The third-order valence-corrected chi connectivity index (χ3v) is 4.93. The second kappa shape index (κ2) is 7.11. The Balaban J connectivity index is 1.53. The summed E-state index contributed by atoms with van der Waals surface area (Å²) in [6.07, 6.45) is 2.06. The molecule has 7 heteroatoms. The van der Waals surface area contributed by atoms with E-state index >= 15 is 0 Å². The number of nitrogens with one attached hydrogen (secondary N) is 1. The Kier molecular flexibility index (Phi) is 4.51. The van der Waals surface area contributed by atoms with Gasteiger partial charge in [0.1, 0.15) is 5.82 Å². The molecule has 4 rings (SSSR count). The van der Waals surface area contributed by atoms with Gasteiger partial charge in [-0.05, 0) is 31.9 Å². The first-order chi connectivity index (χ1) is 12.8. The molecule has 0 radical (unpaired) electrons. The Morgan fingerprint density at radius 2 is 2.00 bits per heavy atom. The third kappa shape index (κ3) is 3.12. The van der Waals surface area contributed by atoms with E-state index in [0.29, 0.717) is 6.54 Å². The lowest BCUT2D eigenvalue weighted by Crippen LogP contribution is -2.36. The Labute approximate surface area is 151 Å². The molecule has 1 aromatic carbocycles. The molecule has 1 fully saturated rings. The predicted octanol–water partition coefficient (Wildman–Crippen LogP) is 2.43. The number of hydrogen-bond donors (Lipinski definition) is 1. The summed E-state index contributed by atoms with van der Waals surface area (Å²) >= 11 is 0. The lowest BCUT2D eigenvalue weighted by atomic mass is 9.97. The molecule has 1 aliphatic heterocycles. The largest absolute Gasteiger partial charge is 0.354 e. The highest BCUT2D eigenvalue weighted by atomic mass is 16.1. The van der Waals surface area contributed by atoms with Crippen LogP contribution in [0.3, 0.4) is 0 Å². The van der Waals surface area contributed by atoms with Crippen molar-refractivity contribution in [2.75, 3.05) is 18.0 Å². The summed E-state index contributed by atoms with van der Waals surface area (Å²) < 4.78 is 1.72. The van der Waals surface area contributed by atoms with Crippen LogP contribution in [0.15, 0.2) is 47.3 Å². The van der Waals surface area contributed by atoms with E-state index in [4.69, 9.17) is 0 Å². The number of aromatic nitrogens is 5. The molecule has 0 spiro atoms. The number of anilines is 1. The molecule has 1 aliphatic rings. The average Bonchev–Trinajstić information content (AvgIpc) is 3.09. The third-order valence-electron chi connectivity index (χ3n) is 4.93. The van der Waals surface area contributed by atoms with Gasteiger partial charge in [-0.3, -0.25) is 4.57 Å². The highest BCUT2D eigenvalue weighted by Crippen LogP contribution is 2.28. The Morgan fingerprint density at radius 3 is 2.73 bits per heavy atom. The number of benzene rings is 1. The zero-order valence-electron chi connectivity index (χ0n) is 14.8. The van der Waals surface area contributed by atoms with Crippen LogP contribution in [0.4, 0.5) is 5.82 Å². The van der Waals surface area contributed by atoms with E-state index in [1.807, 2.05) is 49.4 Å². The summed E-state index contributed by atoms with van der Waals surface area (Å²) in [6.45, 7) is 4.34. The second-order valence-corrected chi connectivity index (χ2v) is 6.56. The van der Waals surface area contributed by atoms with Crippen LogP contribution in [-0.2, 0) is 6.54 Å². The normalized spacial score (nSPS) is 17.4. The van der Waals surface area contributed by atoms with Crippen LogP contribution in [-0.4, -0.2) is 38.1 Å². The molecular formula is C19H22N6O. The standard InChI is InChI=1S/C19H22N6O/c1-2-25-18(22-23-19(25)26)15-9-6-12-24(13-15)17-11-10-16(20-21-17)14-7-4-3-5-8-14/h3-5,7-8,10-11,15H,2,6,9,12-13H2,1H3,(H,23,26)/t15-/m1/s1. The SMILES string of the molecule is CCn1c([C@@H]2CCCN(c3ccc(-c4ccccc4)nn3)C2)n[nH]c1=O. The van der Waals surface area contributed by atoms with Crippen molar-refractivity contribution in [2.24, 2.45) is 0 Å². The highest BCUT2D eigenvalue weighted by Gasteiger charge is 2.26. The van der Waals surface area contributed by atoms with Gasteiger partial charge < -0.3 is 4.90 Å². The summed E-state index contributed by atoms with van der Waals surface area (Å²) in [6, 6.07) is 14.1. The molecular weight excluding hydrogens is 328 g/mol.